The van der Waals surface area contributed by atoms with E-state index < -0.39 is 0 Å². The van der Waals surface area contributed by atoms with Gasteiger partial charge in [0.1, 0.15) is 0 Å². The highest BCUT2D eigenvalue weighted by molar-refractivity contribution is 6.30. The molecular formula is C13H20ClNO. The summed E-state index contributed by atoms with van der Waals surface area (Å²) in [5.41, 5.74) is 1.31. The minimum absolute atomic E-state index is 0.310. The van der Waals surface area contributed by atoms with Gasteiger partial charge >= 0.3 is 0 Å². The summed E-state index contributed by atoms with van der Waals surface area (Å²) < 4.78 is 0. The molecule has 0 aliphatic carbocycles. The van der Waals surface area contributed by atoms with Crippen molar-refractivity contribution < 1.29 is 5.11 Å². The first-order chi connectivity index (χ1) is 7.83. The van der Waals surface area contributed by atoms with E-state index in [-0.39, 0.29) is 0 Å². The van der Waals surface area contributed by atoms with Gasteiger partial charge in [-0.25, -0.2) is 0 Å². The van der Waals surface area contributed by atoms with Crippen LogP contribution in [-0.4, -0.2) is 24.8 Å². The molecule has 2 N–H and O–H groups in total. The smallest absolute Gasteiger partial charge is 0.0431 e. The highest BCUT2D eigenvalue weighted by Gasteiger charge is 1.93. The Bertz CT molecular complexity index is 274. The predicted molar refractivity (Wildman–Crippen MR) is 69.0 cm³/mol. The summed E-state index contributed by atoms with van der Waals surface area (Å²) in [6.07, 6.45) is 4.20. The molecule has 2 nitrogen and oxygen atoms in total. The van der Waals surface area contributed by atoms with Crippen LogP contribution in [0.5, 0.6) is 0 Å². The fourth-order valence-corrected chi connectivity index (χ4v) is 1.67. The van der Waals surface area contributed by atoms with Gasteiger partial charge in [-0.1, -0.05) is 23.7 Å². The molecule has 0 saturated carbocycles. The van der Waals surface area contributed by atoms with Gasteiger partial charge in [-0.05, 0) is 56.5 Å². The van der Waals surface area contributed by atoms with Crippen LogP contribution in [0.2, 0.25) is 5.02 Å². The normalized spacial score (nSPS) is 10.6. The van der Waals surface area contributed by atoms with Gasteiger partial charge in [-0.15, -0.1) is 0 Å². The number of rotatable bonds is 8. The van der Waals surface area contributed by atoms with E-state index in [0.717, 1.165) is 43.8 Å². The molecule has 3 heteroatoms. The predicted octanol–water partition coefficient (Wildman–Crippen LogP) is 2.63. The molecule has 0 aliphatic heterocycles. The van der Waals surface area contributed by atoms with Crippen molar-refractivity contribution in [3.05, 3.63) is 34.9 Å². The SMILES string of the molecule is OCCCCCNCCc1ccc(Cl)cc1. The maximum absolute atomic E-state index is 8.61. The third kappa shape index (κ3) is 6.11. The number of aliphatic hydroxyl groups excluding tert-OH is 1. The van der Waals surface area contributed by atoms with Gasteiger partial charge in [0, 0.05) is 11.6 Å². The number of benzene rings is 1. The average molecular weight is 242 g/mol. The topological polar surface area (TPSA) is 32.3 Å². The Morgan fingerprint density at radius 1 is 1.00 bits per heavy atom. The molecule has 0 spiro atoms. The quantitative estimate of drug-likeness (QED) is 0.686. The standard InChI is InChI=1S/C13H20ClNO/c14-13-6-4-12(5-7-13)8-10-15-9-2-1-3-11-16/h4-7,15-16H,1-3,8-11H2. The fraction of sp³-hybridized carbons (Fsp3) is 0.538. The van der Waals surface area contributed by atoms with Crippen LogP contribution in [0.3, 0.4) is 0 Å². The number of aliphatic hydroxyl groups is 1. The van der Waals surface area contributed by atoms with Crippen LogP contribution in [-0.2, 0) is 6.42 Å². The molecule has 0 heterocycles. The lowest BCUT2D eigenvalue weighted by molar-refractivity contribution is 0.283. The van der Waals surface area contributed by atoms with E-state index in [0.29, 0.717) is 6.61 Å². The Balaban J connectivity index is 2.01. The van der Waals surface area contributed by atoms with Crippen LogP contribution < -0.4 is 5.32 Å². The molecule has 0 saturated heterocycles. The Labute approximate surface area is 103 Å². The van der Waals surface area contributed by atoms with Gasteiger partial charge < -0.3 is 10.4 Å². The summed E-state index contributed by atoms with van der Waals surface area (Å²) in [7, 11) is 0. The van der Waals surface area contributed by atoms with Gasteiger partial charge in [-0.2, -0.15) is 0 Å². The molecule has 0 aliphatic rings. The molecule has 1 rings (SSSR count). The van der Waals surface area contributed by atoms with Gasteiger partial charge in [0.25, 0.3) is 0 Å². The monoisotopic (exact) mass is 241 g/mol. The zero-order valence-corrected chi connectivity index (χ0v) is 10.3. The van der Waals surface area contributed by atoms with Gasteiger partial charge in [0.2, 0.25) is 0 Å². The third-order valence-electron chi connectivity index (χ3n) is 2.52. The summed E-state index contributed by atoms with van der Waals surface area (Å²) in [6.45, 7) is 2.35. The van der Waals surface area contributed by atoms with Crippen molar-refractivity contribution in [3.63, 3.8) is 0 Å². The lowest BCUT2D eigenvalue weighted by Crippen LogP contribution is -2.18. The molecule has 0 amide bonds. The minimum atomic E-state index is 0.310. The molecule has 0 bridgehead atoms. The third-order valence-corrected chi connectivity index (χ3v) is 2.77. The minimum Gasteiger partial charge on any atom is -0.396 e. The largest absolute Gasteiger partial charge is 0.396 e. The molecular weight excluding hydrogens is 222 g/mol. The zero-order valence-electron chi connectivity index (χ0n) is 9.58. The number of unbranched alkanes of at least 4 members (excludes halogenated alkanes) is 2. The second-order valence-electron chi connectivity index (χ2n) is 3.91. The maximum atomic E-state index is 8.61. The second kappa shape index (κ2) is 8.57. The fourth-order valence-electron chi connectivity index (χ4n) is 1.55. The zero-order chi connectivity index (χ0) is 11.6. The summed E-state index contributed by atoms with van der Waals surface area (Å²) in [4.78, 5) is 0. The maximum Gasteiger partial charge on any atom is 0.0431 e. The first kappa shape index (κ1) is 13.5. The van der Waals surface area contributed by atoms with E-state index in [4.69, 9.17) is 16.7 Å². The van der Waals surface area contributed by atoms with Crippen molar-refractivity contribution >= 4 is 11.6 Å². The highest BCUT2D eigenvalue weighted by Crippen LogP contribution is 2.09. The van der Waals surface area contributed by atoms with Crippen LogP contribution >= 0.6 is 11.6 Å². The van der Waals surface area contributed by atoms with Crippen LogP contribution in [0.15, 0.2) is 24.3 Å². The molecule has 1 aromatic rings. The van der Waals surface area contributed by atoms with Crippen LogP contribution in [0.4, 0.5) is 0 Å². The Kier molecular flexibility index (Phi) is 7.23. The van der Waals surface area contributed by atoms with Crippen molar-refractivity contribution in [2.75, 3.05) is 19.7 Å². The number of halogens is 1. The number of nitrogens with one attached hydrogen (secondary N) is 1. The van der Waals surface area contributed by atoms with Gasteiger partial charge in [0.15, 0.2) is 0 Å². The van der Waals surface area contributed by atoms with E-state index in [9.17, 15) is 0 Å². The highest BCUT2D eigenvalue weighted by atomic mass is 35.5. The van der Waals surface area contributed by atoms with Gasteiger partial charge in [0.05, 0.1) is 0 Å². The van der Waals surface area contributed by atoms with Crippen LogP contribution in [0.1, 0.15) is 24.8 Å². The molecule has 0 atom stereocenters. The first-order valence-electron chi connectivity index (χ1n) is 5.89. The molecule has 0 radical (unpaired) electrons. The lowest BCUT2D eigenvalue weighted by Gasteiger charge is -2.04. The summed E-state index contributed by atoms with van der Waals surface area (Å²) in [5.74, 6) is 0. The number of hydrogen-bond donors (Lipinski definition) is 2. The Hall–Kier alpha value is -0.570. The summed E-state index contributed by atoms with van der Waals surface area (Å²) in [6, 6.07) is 7.99. The lowest BCUT2D eigenvalue weighted by atomic mass is 10.1. The molecule has 16 heavy (non-hydrogen) atoms. The van der Waals surface area contributed by atoms with E-state index in [2.05, 4.69) is 17.4 Å². The second-order valence-corrected chi connectivity index (χ2v) is 4.35. The molecule has 0 aromatic heterocycles. The van der Waals surface area contributed by atoms with E-state index in [1.807, 2.05) is 12.1 Å². The summed E-state index contributed by atoms with van der Waals surface area (Å²) in [5, 5.41) is 12.8. The van der Waals surface area contributed by atoms with E-state index in [1.165, 1.54) is 5.56 Å². The van der Waals surface area contributed by atoms with Gasteiger partial charge in [-0.3, -0.25) is 0 Å². The molecule has 1 aromatic carbocycles. The molecule has 90 valence electrons. The molecule has 0 unspecified atom stereocenters. The summed E-state index contributed by atoms with van der Waals surface area (Å²) >= 11 is 5.81. The van der Waals surface area contributed by atoms with Crippen molar-refractivity contribution in [1.82, 2.24) is 5.32 Å². The Morgan fingerprint density at radius 3 is 2.44 bits per heavy atom. The Morgan fingerprint density at radius 2 is 1.75 bits per heavy atom. The molecule has 0 fully saturated rings. The van der Waals surface area contributed by atoms with E-state index >= 15 is 0 Å². The number of hydrogen-bond acceptors (Lipinski definition) is 2. The average Bonchev–Trinajstić information content (AvgIpc) is 2.30. The van der Waals surface area contributed by atoms with Crippen LogP contribution in [0, 0.1) is 0 Å². The van der Waals surface area contributed by atoms with Crippen molar-refractivity contribution in [2.24, 2.45) is 0 Å². The van der Waals surface area contributed by atoms with Crippen molar-refractivity contribution in [3.8, 4) is 0 Å². The van der Waals surface area contributed by atoms with Crippen molar-refractivity contribution in [1.29, 1.82) is 0 Å². The van der Waals surface area contributed by atoms with E-state index in [1.54, 1.807) is 0 Å². The first-order valence-corrected chi connectivity index (χ1v) is 6.27. The van der Waals surface area contributed by atoms with Crippen LogP contribution in [0.25, 0.3) is 0 Å². The van der Waals surface area contributed by atoms with Crippen molar-refractivity contribution in [2.45, 2.75) is 25.7 Å².